The van der Waals surface area contributed by atoms with Crippen LogP contribution >= 0.6 is 0 Å². The molecule has 0 aromatic rings. The van der Waals surface area contributed by atoms with Crippen molar-refractivity contribution in [2.75, 3.05) is 32.9 Å². The van der Waals surface area contributed by atoms with E-state index >= 15 is 0 Å². The molecule has 0 radical (unpaired) electrons. The molecule has 0 aliphatic carbocycles. The largest absolute Gasteiger partial charge is 0.450 e. The minimum Gasteiger partial charge on any atom is -0.450 e. The monoisotopic (exact) mass is 334 g/mol. The molecule has 0 aliphatic heterocycles. The van der Waals surface area contributed by atoms with Crippen LogP contribution in [0.25, 0.3) is 0 Å². The van der Waals surface area contributed by atoms with Crippen LogP contribution in [0.4, 0.5) is 9.59 Å². The number of amides is 2. The number of unbranched alkanes of at least 4 members (excludes halogenated alkanes) is 4. The van der Waals surface area contributed by atoms with Crippen molar-refractivity contribution in [1.29, 1.82) is 0 Å². The second-order valence-corrected chi connectivity index (χ2v) is 5.19. The van der Waals surface area contributed by atoms with Gasteiger partial charge in [0.15, 0.2) is 0 Å². The average molecular weight is 334 g/mol. The van der Waals surface area contributed by atoms with Gasteiger partial charge in [-0.3, -0.25) is 0 Å². The van der Waals surface area contributed by atoms with Crippen LogP contribution in [0.2, 0.25) is 0 Å². The normalized spacial score (nSPS) is 11.6. The number of nitrogens with one attached hydrogen (secondary N) is 2. The maximum absolute atomic E-state index is 11.2. The highest BCUT2D eigenvalue weighted by atomic mass is 16.6. The second kappa shape index (κ2) is 15.4. The highest BCUT2D eigenvalue weighted by Gasteiger charge is 2.06. The lowest BCUT2D eigenvalue weighted by Gasteiger charge is -2.09. The number of aliphatic hydroxyl groups is 2. The molecule has 0 heterocycles. The summed E-state index contributed by atoms with van der Waals surface area (Å²) >= 11 is 0. The molecular formula is C15H30N2O6. The fraction of sp³-hybridized carbons (Fsp3) is 0.867. The molecule has 0 saturated carbocycles. The molecule has 0 spiro atoms. The molecule has 0 fully saturated rings. The Morgan fingerprint density at radius 3 is 2.04 bits per heavy atom. The summed E-state index contributed by atoms with van der Waals surface area (Å²) in [7, 11) is 0. The lowest BCUT2D eigenvalue weighted by atomic mass is 10.2. The smallest absolute Gasteiger partial charge is 0.407 e. The molecule has 0 aromatic carbocycles. The third-order valence-electron chi connectivity index (χ3n) is 2.99. The first-order valence-electron chi connectivity index (χ1n) is 8.20. The van der Waals surface area contributed by atoms with E-state index in [1.165, 1.54) is 0 Å². The Balaban J connectivity index is 3.30. The van der Waals surface area contributed by atoms with Crippen molar-refractivity contribution in [3.05, 3.63) is 0 Å². The molecule has 8 heteroatoms. The third kappa shape index (κ3) is 15.1. The van der Waals surface area contributed by atoms with Crippen molar-refractivity contribution in [2.45, 2.75) is 51.6 Å². The molecule has 2 amide bonds. The van der Waals surface area contributed by atoms with Crippen molar-refractivity contribution in [3.63, 3.8) is 0 Å². The Morgan fingerprint density at radius 2 is 1.52 bits per heavy atom. The predicted molar refractivity (Wildman–Crippen MR) is 85.2 cm³/mol. The van der Waals surface area contributed by atoms with Crippen LogP contribution in [0.5, 0.6) is 0 Å². The Morgan fingerprint density at radius 1 is 0.957 bits per heavy atom. The molecule has 0 aliphatic rings. The number of alkyl carbamates (subject to hydrolysis) is 2. The molecule has 1 unspecified atom stereocenters. The SMILES string of the molecule is CCCCOC(=O)NCCCCCCNC(=O)OCC(O)CO. The number of rotatable bonds is 13. The van der Waals surface area contributed by atoms with Gasteiger partial charge >= 0.3 is 12.2 Å². The van der Waals surface area contributed by atoms with E-state index in [-0.39, 0.29) is 12.7 Å². The number of hydrogen-bond acceptors (Lipinski definition) is 6. The highest BCUT2D eigenvalue weighted by molar-refractivity contribution is 5.67. The molecule has 1 atom stereocenters. The van der Waals surface area contributed by atoms with E-state index in [9.17, 15) is 9.59 Å². The van der Waals surface area contributed by atoms with Gasteiger partial charge in [-0.15, -0.1) is 0 Å². The topological polar surface area (TPSA) is 117 Å². The average Bonchev–Trinajstić information content (AvgIpc) is 2.55. The summed E-state index contributed by atoms with van der Waals surface area (Å²) in [4.78, 5) is 22.4. The van der Waals surface area contributed by atoms with Gasteiger partial charge in [0.1, 0.15) is 12.7 Å². The van der Waals surface area contributed by atoms with E-state index in [1.807, 2.05) is 6.92 Å². The Kier molecular flexibility index (Phi) is 14.3. The lowest BCUT2D eigenvalue weighted by molar-refractivity contribution is 0.0321. The molecule has 4 N–H and O–H groups in total. The number of carbonyl (C=O) groups excluding carboxylic acids is 2. The first-order valence-corrected chi connectivity index (χ1v) is 8.20. The van der Waals surface area contributed by atoms with E-state index < -0.39 is 18.8 Å². The van der Waals surface area contributed by atoms with E-state index in [2.05, 4.69) is 15.4 Å². The summed E-state index contributed by atoms with van der Waals surface area (Å²) in [5, 5.41) is 22.8. The molecule has 23 heavy (non-hydrogen) atoms. The first kappa shape index (κ1) is 21.5. The quantitative estimate of drug-likeness (QED) is 0.375. The third-order valence-corrected chi connectivity index (χ3v) is 2.99. The summed E-state index contributed by atoms with van der Waals surface area (Å²) in [6.45, 7) is 2.91. The zero-order chi connectivity index (χ0) is 17.3. The number of ether oxygens (including phenoxy) is 2. The van der Waals surface area contributed by atoms with Gasteiger partial charge in [-0.05, 0) is 19.3 Å². The summed E-state index contributed by atoms with van der Waals surface area (Å²) in [5.41, 5.74) is 0. The van der Waals surface area contributed by atoms with Gasteiger partial charge in [-0.25, -0.2) is 9.59 Å². The van der Waals surface area contributed by atoms with Gasteiger partial charge in [0.25, 0.3) is 0 Å². The van der Waals surface area contributed by atoms with Crippen LogP contribution in [-0.2, 0) is 9.47 Å². The number of hydrogen-bond donors (Lipinski definition) is 4. The molecule has 0 bridgehead atoms. The van der Waals surface area contributed by atoms with Crippen LogP contribution in [-0.4, -0.2) is 61.4 Å². The van der Waals surface area contributed by atoms with Crippen LogP contribution in [0.15, 0.2) is 0 Å². The highest BCUT2D eigenvalue weighted by Crippen LogP contribution is 1.98. The molecule has 0 aromatic heterocycles. The zero-order valence-electron chi connectivity index (χ0n) is 13.9. The van der Waals surface area contributed by atoms with Gasteiger partial charge in [0, 0.05) is 13.1 Å². The van der Waals surface area contributed by atoms with Crippen molar-refractivity contribution in [1.82, 2.24) is 10.6 Å². The molecule has 0 rings (SSSR count). The second-order valence-electron chi connectivity index (χ2n) is 5.19. The van der Waals surface area contributed by atoms with Crippen molar-refractivity contribution >= 4 is 12.2 Å². The van der Waals surface area contributed by atoms with E-state index in [4.69, 9.17) is 14.9 Å². The van der Waals surface area contributed by atoms with Crippen molar-refractivity contribution in [2.24, 2.45) is 0 Å². The first-order chi connectivity index (χ1) is 11.1. The zero-order valence-corrected chi connectivity index (χ0v) is 13.9. The van der Waals surface area contributed by atoms with Gasteiger partial charge < -0.3 is 30.3 Å². The van der Waals surface area contributed by atoms with E-state index in [1.54, 1.807) is 0 Å². The fourth-order valence-electron chi connectivity index (χ4n) is 1.62. The molecule has 8 nitrogen and oxygen atoms in total. The van der Waals surface area contributed by atoms with Gasteiger partial charge in [0.05, 0.1) is 13.2 Å². The minimum absolute atomic E-state index is 0.220. The van der Waals surface area contributed by atoms with Crippen LogP contribution in [0, 0.1) is 0 Å². The molecule has 0 saturated heterocycles. The van der Waals surface area contributed by atoms with Gasteiger partial charge in [0.2, 0.25) is 0 Å². The Hall–Kier alpha value is -1.54. The fourth-order valence-corrected chi connectivity index (χ4v) is 1.62. The van der Waals surface area contributed by atoms with Crippen LogP contribution in [0.1, 0.15) is 45.4 Å². The van der Waals surface area contributed by atoms with Crippen molar-refractivity contribution in [3.8, 4) is 0 Å². The number of carbonyl (C=O) groups is 2. The summed E-state index contributed by atoms with van der Waals surface area (Å²) < 4.78 is 9.64. The standard InChI is InChI=1S/C15H30N2O6/c1-2-3-10-22-14(20)16-8-6-4-5-7-9-17-15(21)23-12-13(19)11-18/h13,18-19H,2-12H2,1H3,(H,16,20)(H,17,21). The van der Waals surface area contributed by atoms with Gasteiger partial charge in [-0.2, -0.15) is 0 Å². The lowest BCUT2D eigenvalue weighted by Crippen LogP contribution is -2.29. The summed E-state index contributed by atoms with van der Waals surface area (Å²) in [6.07, 6.45) is 3.39. The Labute approximate surface area is 137 Å². The van der Waals surface area contributed by atoms with Crippen molar-refractivity contribution < 1.29 is 29.3 Å². The summed E-state index contributed by atoms with van der Waals surface area (Å²) in [6, 6.07) is 0. The Bertz CT molecular complexity index is 314. The molecule has 136 valence electrons. The summed E-state index contributed by atoms with van der Waals surface area (Å²) in [5.74, 6) is 0. The minimum atomic E-state index is -1.04. The maximum Gasteiger partial charge on any atom is 0.407 e. The maximum atomic E-state index is 11.2. The van der Waals surface area contributed by atoms with Crippen LogP contribution in [0.3, 0.4) is 0 Å². The van der Waals surface area contributed by atoms with E-state index in [0.29, 0.717) is 19.7 Å². The van der Waals surface area contributed by atoms with Crippen LogP contribution < -0.4 is 10.6 Å². The number of aliphatic hydroxyl groups excluding tert-OH is 2. The predicted octanol–water partition coefficient (Wildman–Crippen LogP) is 1.15. The van der Waals surface area contributed by atoms with Gasteiger partial charge in [-0.1, -0.05) is 26.2 Å². The van der Waals surface area contributed by atoms with E-state index in [0.717, 1.165) is 38.5 Å². The molecular weight excluding hydrogens is 304 g/mol.